The SMILES string of the molecule is CC(C)(C)OC(=O)N1CSC[C@@H]1C(=O)N1CCC[C@H](C(N)=O)C1. The van der Waals surface area contributed by atoms with Crippen molar-refractivity contribution in [2.24, 2.45) is 11.7 Å². The van der Waals surface area contributed by atoms with Gasteiger partial charge in [0, 0.05) is 18.8 Å². The molecule has 2 atom stereocenters. The quantitative estimate of drug-likeness (QED) is 0.808. The van der Waals surface area contributed by atoms with Crippen LogP contribution in [-0.4, -0.2) is 64.1 Å². The number of amides is 3. The van der Waals surface area contributed by atoms with Crippen LogP contribution < -0.4 is 5.73 Å². The van der Waals surface area contributed by atoms with Crippen molar-refractivity contribution in [3.8, 4) is 0 Å². The number of hydrogen-bond donors (Lipinski definition) is 1. The third-order valence-electron chi connectivity index (χ3n) is 3.93. The monoisotopic (exact) mass is 343 g/mol. The Morgan fingerprint density at radius 1 is 1.26 bits per heavy atom. The zero-order chi connectivity index (χ0) is 17.2. The van der Waals surface area contributed by atoms with Gasteiger partial charge in [0.15, 0.2) is 0 Å². The third kappa shape index (κ3) is 4.53. The summed E-state index contributed by atoms with van der Waals surface area (Å²) in [4.78, 5) is 39.5. The molecule has 130 valence electrons. The van der Waals surface area contributed by atoms with Gasteiger partial charge in [-0.25, -0.2) is 4.79 Å². The van der Waals surface area contributed by atoms with Gasteiger partial charge in [-0.3, -0.25) is 14.5 Å². The number of hydrogen-bond acceptors (Lipinski definition) is 5. The molecule has 0 aromatic carbocycles. The molecule has 2 fully saturated rings. The van der Waals surface area contributed by atoms with Crippen molar-refractivity contribution in [2.45, 2.75) is 45.3 Å². The lowest BCUT2D eigenvalue weighted by atomic mass is 9.97. The molecule has 2 saturated heterocycles. The Bertz CT molecular complexity index is 492. The zero-order valence-electron chi connectivity index (χ0n) is 13.9. The maximum atomic E-state index is 12.8. The summed E-state index contributed by atoms with van der Waals surface area (Å²) in [6, 6.07) is -0.526. The zero-order valence-corrected chi connectivity index (χ0v) is 14.7. The topological polar surface area (TPSA) is 92.9 Å². The summed E-state index contributed by atoms with van der Waals surface area (Å²) in [5.74, 6) is 0.213. The number of primary amides is 1. The van der Waals surface area contributed by atoms with E-state index in [1.807, 2.05) is 0 Å². The van der Waals surface area contributed by atoms with Crippen LogP contribution in [0, 0.1) is 5.92 Å². The molecule has 0 aromatic heterocycles. The molecule has 2 aliphatic heterocycles. The fraction of sp³-hybridized carbons (Fsp3) is 0.800. The Balaban J connectivity index is 2.02. The van der Waals surface area contributed by atoms with Crippen molar-refractivity contribution in [2.75, 3.05) is 24.7 Å². The Hall–Kier alpha value is -1.44. The van der Waals surface area contributed by atoms with E-state index in [4.69, 9.17) is 10.5 Å². The van der Waals surface area contributed by atoms with Crippen LogP contribution in [0.1, 0.15) is 33.6 Å². The van der Waals surface area contributed by atoms with Crippen molar-refractivity contribution < 1.29 is 19.1 Å². The normalized spacial score (nSPS) is 25.3. The number of nitrogens with zero attached hydrogens (tertiary/aromatic N) is 2. The molecule has 2 rings (SSSR count). The molecule has 2 aliphatic rings. The lowest BCUT2D eigenvalue weighted by Gasteiger charge is -2.35. The van der Waals surface area contributed by atoms with E-state index in [9.17, 15) is 14.4 Å². The maximum Gasteiger partial charge on any atom is 0.411 e. The van der Waals surface area contributed by atoms with Gasteiger partial charge in [0.1, 0.15) is 11.6 Å². The van der Waals surface area contributed by atoms with Crippen molar-refractivity contribution in [1.29, 1.82) is 0 Å². The maximum absolute atomic E-state index is 12.8. The van der Waals surface area contributed by atoms with E-state index in [0.29, 0.717) is 31.1 Å². The Morgan fingerprint density at radius 2 is 1.96 bits per heavy atom. The standard InChI is InChI=1S/C15H25N3O4S/c1-15(2,3)22-14(21)18-9-23-8-11(18)13(20)17-6-4-5-10(7-17)12(16)19/h10-11H,4-9H2,1-3H3,(H2,16,19)/t10-,11+/m0/s1. The summed E-state index contributed by atoms with van der Waals surface area (Å²) in [5, 5.41) is 0. The van der Waals surface area contributed by atoms with Crippen LogP contribution in [-0.2, 0) is 14.3 Å². The largest absolute Gasteiger partial charge is 0.444 e. The first-order valence-corrected chi connectivity index (χ1v) is 9.00. The summed E-state index contributed by atoms with van der Waals surface area (Å²) in [6.07, 6.45) is 1.00. The van der Waals surface area contributed by atoms with Crippen molar-refractivity contribution in [1.82, 2.24) is 9.80 Å². The van der Waals surface area contributed by atoms with Gasteiger partial charge in [-0.05, 0) is 33.6 Å². The van der Waals surface area contributed by atoms with E-state index in [1.165, 1.54) is 16.7 Å². The molecule has 2 heterocycles. The Morgan fingerprint density at radius 3 is 2.57 bits per heavy atom. The molecule has 23 heavy (non-hydrogen) atoms. The van der Waals surface area contributed by atoms with Gasteiger partial charge in [-0.2, -0.15) is 0 Å². The van der Waals surface area contributed by atoms with E-state index in [-0.39, 0.29) is 17.7 Å². The number of carbonyl (C=O) groups is 3. The summed E-state index contributed by atoms with van der Waals surface area (Å²) >= 11 is 1.53. The molecule has 0 aromatic rings. The van der Waals surface area contributed by atoms with Gasteiger partial charge in [0.2, 0.25) is 11.8 Å². The first-order chi connectivity index (χ1) is 10.7. The molecule has 0 aliphatic carbocycles. The van der Waals surface area contributed by atoms with Crippen LogP contribution in [0.4, 0.5) is 4.79 Å². The van der Waals surface area contributed by atoms with Crippen LogP contribution >= 0.6 is 11.8 Å². The number of ether oxygens (including phenoxy) is 1. The lowest BCUT2D eigenvalue weighted by Crippen LogP contribution is -2.53. The highest BCUT2D eigenvalue weighted by Gasteiger charge is 2.40. The molecule has 0 saturated carbocycles. The molecular weight excluding hydrogens is 318 g/mol. The highest BCUT2D eigenvalue weighted by Crippen LogP contribution is 2.26. The summed E-state index contributed by atoms with van der Waals surface area (Å²) in [5.41, 5.74) is 4.77. The molecule has 0 spiro atoms. The first kappa shape index (κ1) is 17.9. The van der Waals surface area contributed by atoms with Gasteiger partial charge >= 0.3 is 6.09 Å². The molecule has 8 heteroatoms. The van der Waals surface area contributed by atoms with Crippen LogP contribution in [0.3, 0.4) is 0 Å². The minimum Gasteiger partial charge on any atom is -0.444 e. The second-order valence-electron chi connectivity index (χ2n) is 6.99. The van der Waals surface area contributed by atoms with Gasteiger partial charge in [0.05, 0.1) is 11.8 Å². The molecule has 0 bridgehead atoms. The summed E-state index contributed by atoms with van der Waals surface area (Å²) in [7, 11) is 0. The van der Waals surface area contributed by atoms with Crippen LogP contribution in [0.25, 0.3) is 0 Å². The van der Waals surface area contributed by atoms with Crippen molar-refractivity contribution in [3.63, 3.8) is 0 Å². The third-order valence-corrected chi connectivity index (χ3v) is 4.94. The highest BCUT2D eigenvalue weighted by atomic mass is 32.2. The molecule has 3 amide bonds. The number of carbonyl (C=O) groups excluding carboxylic acids is 3. The summed E-state index contributed by atoms with van der Waals surface area (Å²) < 4.78 is 5.38. The second-order valence-corrected chi connectivity index (χ2v) is 7.99. The minimum absolute atomic E-state index is 0.119. The predicted molar refractivity (Wildman–Crippen MR) is 87.7 cm³/mol. The fourth-order valence-electron chi connectivity index (χ4n) is 2.77. The Kier molecular flexibility index (Phi) is 5.44. The summed E-state index contributed by atoms with van der Waals surface area (Å²) in [6.45, 7) is 6.34. The van der Waals surface area contributed by atoms with Crippen LogP contribution in [0.2, 0.25) is 0 Å². The van der Waals surface area contributed by atoms with Gasteiger partial charge < -0.3 is 15.4 Å². The van der Waals surface area contributed by atoms with Gasteiger partial charge in [0.25, 0.3) is 0 Å². The van der Waals surface area contributed by atoms with E-state index < -0.39 is 17.7 Å². The van der Waals surface area contributed by atoms with E-state index >= 15 is 0 Å². The van der Waals surface area contributed by atoms with Gasteiger partial charge in [-0.15, -0.1) is 11.8 Å². The lowest BCUT2D eigenvalue weighted by molar-refractivity contribution is -0.138. The molecule has 0 radical (unpaired) electrons. The molecule has 2 N–H and O–H groups in total. The van der Waals surface area contributed by atoms with E-state index in [1.54, 1.807) is 25.7 Å². The number of likely N-dealkylation sites (tertiary alicyclic amines) is 1. The fourth-order valence-corrected chi connectivity index (χ4v) is 3.90. The number of piperidine rings is 1. The minimum atomic E-state index is -0.597. The van der Waals surface area contributed by atoms with Crippen LogP contribution in [0.5, 0.6) is 0 Å². The Labute approximate surface area is 140 Å². The second kappa shape index (κ2) is 6.98. The average Bonchev–Trinajstić information content (AvgIpc) is 2.94. The van der Waals surface area contributed by atoms with Crippen molar-refractivity contribution in [3.05, 3.63) is 0 Å². The van der Waals surface area contributed by atoms with Crippen molar-refractivity contribution >= 4 is 29.7 Å². The average molecular weight is 343 g/mol. The number of nitrogens with two attached hydrogens (primary N) is 1. The van der Waals surface area contributed by atoms with E-state index in [0.717, 1.165) is 6.42 Å². The van der Waals surface area contributed by atoms with E-state index in [2.05, 4.69) is 0 Å². The molecule has 0 unspecified atom stereocenters. The highest BCUT2D eigenvalue weighted by molar-refractivity contribution is 7.99. The van der Waals surface area contributed by atoms with Gasteiger partial charge in [-0.1, -0.05) is 0 Å². The number of rotatable bonds is 2. The molecular formula is C15H25N3O4S. The smallest absolute Gasteiger partial charge is 0.411 e. The first-order valence-electron chi connectivity index (χ1n) is 7.84. The number of thioether (sulfide) groups is 1. The van der Waals surface area contributed by atoms with Crippen LogP contribution in [0.15, 0.2) is 0 Å². The predicted octanol–water partition coefficient (Wildman–Crippen LogP) is 1.02. The molecule has 7 nitrogen and oxygen atoms in total.